The molecule has 0 atom stereocenters. The zero-order valence-corrected chi connectivity index (χ0v) is 17.8. The highest BCUT2D eigenvalue weighted by atomic mass is 35.5. The van der Waals surface area contributed by atoms with Crippen LogP contribution >= 0.6 is 23.4 Å². The molecule has 0 spiro atoms. The molecule has 0 saturated carbocycles. The van der Waals surface area contributed by atoms with Crippen LogP contribution in [0.15, 0.2) is 46.2 Å². The summed E-state index contributed by atoms with van der Waals surface area (Å²) in [5.41, 5.74) is 0.606. The normalized spacial score (nSPS) is 11.0. The minimum atomic E-state index is -3.97. The quantitative estimate of drug-likeness (QED) is 0.496. The highest BCUT2D eigenvalue weighted by molar-refractivity contribution is 7.98. The molecular weight excluding hydrogens is 424 g/mol. The van der Waals surface area contributed by atoms with Crippen LogP contribution in [0.25, 0.3) is 0 Å². The van der Waals surface area contributed by atoms with E-state index in [4.69, 9.17) is 16.3 Å². The Morgan fingerprint density at radius 3 is 2.50 bits per heavy atom. The first-order valence-corrected chi connectivity index (χ1v) is 11.2. The monoisotopic (exact) mass is 442 g/mol. The number of amides is 1. The van der Waals surface area contributed by atoms with Crippen LogP contribution in [0.2, 0.25) is 5.02 Å². The number of benzene rings is 2. The summed E-state index contributed by atoms with van der Waals surface area (Å²) >= 11 is 7.37. The van der Waals surface area contributed by atoms with Crippen molar-refractivity contribution in [3.05, 3.63) is 47.0 Å². The van der Waals surface area contributed by atoms with Crippen molar-refractivity contribution in [1.82, 2.24) is 0 Å². The van der Waals surface area contributed by atoms with Crippen LogP contribution < -0.4 is 10.0 Å². The van der Waals surface area contributed by atoms with E-state index in [-0.39, 0.29) is 33.7 Å². The van der Waals surface area contributed by atoms with E-state index in [2.05, 4.69) is 10.0 Å². The van der Waals surface area contributed by atoms with Crippen molar-refractivity contribution in [1.29, 1.82) is 0 Å². The Hall–Kier alpha value is -2.23. The average molecular weight is 443 g/mol. The molecule has 2 aromatic rings. The number of halogens is 1. The largest absolute Gasteiger partial charge is 0.462 e. The van der Waals surface area contributed by atoms with Gasteiger partial charge in [-0.3, -0.25) is 9.52 Å². The number of nitrogens with one attached hydrogen (secondary N) is 2. The van der Waals surface area contributed by atoms with Gasteiger partial charge in [-0.1, -0.05) is 11.6 Å². The van der Waals surface area contributed by atoms with Gasteiger partial charge in [0.05, 0.1) is 27.8 Å². The Labute approximate surface area is 172 Å². The van der Waals surface area contributed by atoms with Gasteiger partial charge in [0.15, 0.2) is 0 Å². The van der Waals surface area contributed by atoms with Crippen molar-refractivity contribution in [3.63, 3.8) is 0 Å². The van der Waals surface area contributed by atoms with Crippen LogP contribution in [-0.4, -0.2) is 33.2 Å². The van der Waals surface area contributed by atoms with Gasteiger partial charge in [0, 0.05) is 17.5 Å². The first-order valence-electron chi connectivity index (χ1n) is 8.13. The van der Waals surface area contributed by atoms with Gasteiger partial charge in [0.25, 0.3) is 10.0 Å². The number of rotatable bonds is 7. The fourth-order valence-corrected chi connectivity index (χ4v) is 4.11. The number of thioether (sulfide) groups is 1. The van der Waals surface area contributed by atoms with Crippen molar-refractivity contribution in [2.75, 3.05) is 22.9 Å². The molecule has 2 aromatic carbocycles. The summed E-state index contributed by atoms with van der Waals surface area (Å²) < 4.78 is 32.8. The maximum Gasteiger partial charge on any atom is 0.339 e. The topological polar surface area (TPSA) is 102 Å². The van der Waals surface area contributed by atoms with E-state index in [1.54, 1.807) is 13.0 Å². The third kappa shape index (κ3) is 5.40. The van der Waals surface area contributed by atoms with Gasteiger partial charge >= 0.3 is 5.97 Å². The molecule has 0 aliphatic heterocycles. The SMILES string of the molecule is CCOC(=O)c1cc(NS(=O)(=O)c2ccc(SC)c(NC(C)=O)c2)ccc1Cl. The molecule has 0 aliphatic carbocycles. The summed E-state index contributed by atoms with van der Waals surface area (Å²) in [6.45, 7) is 3.16. The van der Waals surface area contributed by atoms with Gasteiger partial charge in [0.2, 0.25) is 5.91 Å². The lowest BCUT2D eigenvalue weighted by Crippen LogP contribution is -2.15. The molecule has 0 heterocycles. The number of hydrogen-bond donors (Lipinski definition) is 2. The Balaban J connectivity index is 2.37. The lowest BCUT2D eigenvalue weighted by atomic mass is 10.2. The number of esters is 1. The van der Waals surface area contributed by atoms with Crippen LogP contribution in [0.3, 0.4) is 0 Å². The Morgan fingerprint density at radius 1 is 1.18 bits per heavy atom. The number of carbonyl (C=O) groups is 2. The Bertz CT molecular complexity index is 1010. The molecule has 0 aromatic heterocycles. The van der Waals surface area contributed by atoms with Crippen molar-refractivity contribution in [2.24, 2.45) is 0 Å². The zero-order valence-electron chi connectivity index (χ0n) is 15.4. The summed E-state index contributed by atoms with van der Waals surface area (Å²) in [7, 11) is -3.97. The second-order valence-electron chi connectivity index (χ2n) is 5.56. The molecule has 0 aliphatic rings. The molecule has 2 N–H and O–H groups in total. The molecule has 2 rings (SSSR count). The van der Waals surface area contributed by atoms with E-state index in [1.807, 2.05) is 6.26 Å². The summed E-state index contributed by atoms with van der Waals surface area (Å²) in [4.78, 5) is 24.0. The minimum Gasteiger partial charge on any atom is -0.462 e. The number of ether oxygens (including phenoxy) is 1. The molecule has 0 bridgehead atoms. The molecule has 28 heavy (non-hydrogen) atoms. The summed E-state index contributed by atoms with van der Waals surface area (Å²) in [6, 6.07) is 8.57. The highest BCUT2D eigenvalue weighted by Gasteiger charge is 2.19. The molecule has 0 saturated heterocycles. The zero-order chi connectivity index (χ0) is 20.9. The van der Waals surface area contributed by atoms with Crippen molar-refractivity contribution < 1.29 is 22.7 Å². The van der Waals surface area contributed by atoms with E-state index in [1.165, 1.54) is 49.0 Å². The van der Waals surface area contributed by atoms with Gasteiger partial charge in [-0.2, -0.15) is 0 Å². The molecule has 0 fully saturated rings. The van der Waals surface area contributed by atoms with E-state index in [9.17, 15) is 18.0 Å². The van der Waals surface area contributed by atoms with Crippen molar-refractivity contribution in [2.45, 2.75) is 23.6 Å². The van der Waals surface area contributed by atoms with E-state index < -0.39 is 16.0 Å². The number of anilines is 2. The molecular formula is C18H19ClN2O5S2. The van der Waals surface area contributed by atoms with Gasteiger partial charge in [0.1, 0.15) is 0 Å². The summed E-state index contributed by atoms with van der Waals surface area (Å²) in [5, 5.41) is 2.77. The second kappa shape index (κ2) is 9.31. The molecule has 0 radical (unpaired) electrons. The third-order valence-corrected chi connectivity index (χ3v) is 6.01. The van der Waals surface area contributed by atoms with Gasteiger partial charge in [-0.05, 0) is 49.6 Å². The fraction of sp³-hybridized carbons (Fsp3) is 0.222. The van der Waals surface area contributed by atoms with Crippen molar-refractivity contribution >= 4 is 56.6 Å². The average Bonchev–Trinajstić information content (AvgIpc) is 2.62. The Morgan fingerprint density at radius 2 is 1.89 bits per heavy atom. The second-order valence-corrected chi connectivity index (χ2v) is 8.50. The first-order chi connectivity index (χ1) is 13.2. The highest BCUT2D eigenvalue weighted by Crippen LogP contribution is 2.29. The van der Waals surface area contributed by atoms with Crippen LogP contribution in [0, 0.1) is 0 Å². The molecule has 1 amide bonds. The minimum absolute atomic E-state index is 0.0401. The van der Waals surface area contributed by atoms with Crippen LogP contribution in [0.1, 0.15) is 24.2 Å². The van der Waals surface area contributed by atoms with Gasteiger partial charge in [-0.25, -0.2) is 13.2 Å². The molecule has 10 heteroatoms. The smallest absolute Gasteiger partial charge is 0.339 e. The summed E-state index contributed by atoms with van der Waals surface area (Å²) in [6.07, 6.45) is 1.82. The van der Waals surface area contributed by atoms with E-state index >= 15 is 0 Å². The Kier molecular flexibility index (Phi) is 7.34. The van der Waals surface area contributed by atoms with Gasteiger partial charge < -0.3 is 10.1 Å². The molecule has 0 unspecified atom stereocenters. The van der Waals surface area contributed by atoms with E-state index in [0.717, 1.165) is 4.90 Å². The van der Waals surface area contributed by atoms with Crippen LogP contribution in [0.4, 0.5) is 11.4 Å². The van der Waals surface area contributed by atoms with Crippen molar-refractivity contribution in [3.8, 4) is 0 Å². The maximum absolute atomic E-state index is 12.8. The van der Waals surface area contributed by atoms with Crippen LogP contribution in [-0.2, 0) is 19.6 Å². The maximum atomic E-state index is 12.8. The van der Waals surface area contributed by atoms with E-state index in [0.29, 0.717) is 5.69 Å². The lowest BCUT2D eigenvalue weighted by Gasteiger charge is -2.13. The van der Waals surface area contributed by atoms with Gasteiger partial charge in [-0.15, -0.1) is 11.8 Å². The predicted octanol–water partition coefficient (Wildman–Crippen LogP) is 4.00. The molecule has 7 nitrogen and oxygen atoms in total. The number of carbonyl (C=O) groups excluding carboxylic acids is 2. The number of hydrogen-bond acceptors (Lipinski definition) is 6. The first kappa shape index (κ1) is 22.1. The third-order valence-electron chi connectivity index (χ3n) is 3.51. The van der Waals surface area contributed by atoms with Crippen LogP contribution in [0.5, 0.6) is 0 Å². The number of sulfonamides is 1. The standard InChI is InChI=1S/C18H19ClN2O5S2/c1-4-26-18(23)14-9-12(5-7-15(14)19)21-28(24,25)13-6-8-17(27-3)16(10-13)20-11(2)22/h5-10,21H,4H2,1-3H3,(H,20,22). The lowest BCUT2D eigenvalue weighted by molar-refractivity contribution is -0.114. The summed E-state index contributed by atoms with van der Waals surface area (Å²) in [5.74, 6) is -0.958. The molecule has 150 valence electrons. The fourth-order valence-electron chi connectivity index (χ4n) is 2.31. The predicted molar refractivity (Wildman–Crippen MR) is 111 cm³/mol.